The Morgan fingerprint density at radius 2 is 1.80 bits per heavy atom. The number of pyridine rings is 1. The van der Waals surface area contributed by atoms with Crippen molar-refractivity contribution in [3.8, 4) is 5.88 Å². The smallest absolute Gasteiger partial charge is 0.270 e. The highest BCUT2D eigenvalue weighted by Crippen LogP contribution is 2.39. The summed E-state index contributed by atoms with van der Waals surface area (Å²) >= 11 is 0. The Morgan fingerprint density at radius 1 is 1.11 bits per heavy atom. The Bertz CT molecular complexity index is 1430. The fraction of sp³-hybridized carbons (Fsp3) is 0.250. The molecule has 0 saturated heterocycles. The van der Waals surface area contributed by atoms with Crippen molar-refractivity contribution in [1.82, 2.24) is 14.9 Å². The first-order chi connectivity index (χ1) is 16.8. The van der Waals surface area contributed by atoms with Crippen LogP contribution in [0.3, 0.4) is 0 Å². The molecule has 11 heteroatoms. The number of fused-ring (bicyclic) bond motifs is 4. The Hall–Kier alpha value is -3.70. The van der Waals surface area contributed by atoms with Gasteiger partial charge in [-0.1, -0.05) is 0 Å². The number of nitrogens with two attached hydrogens (primary N) is 1. The molecule has 3 N–H and O–H groups in total. The van der Waals surface area contributed by atoms with E-state index in [9.17, 15) is 22.4 Å². The van der Waals surface area contributed by atoms with Crippen molar-refractivity contribution < 1.29 is 31.8 Å². The number of ether oxygens (including phenoxy) is 2. The molecule has 7 nitrogen and oxygen atoms in total. The van der Waals surface area contributed by atoms with Gasteiger partial charge in [0.05, 0.1) is 24.9 Å². The minimum Gasteiger partial charge on any atom is -0.476 e. The van der Waals surface area contributed by atoms with Crippen LogP contribution in [0.5, 0.6) is 5.88 Å². The molecule has 2 aromatic heterocycles. The molecule has 1 aliphatic rings. The van der Waals surface area contributed by atoms with Gasteiger partial charge in [0.15, 0.2) is 23.3 Å². The Balaban J connectivity index is 1.59. The zero-order valence-electron chi connectivity index (χ0n) is 18.5. The van der Waals surface area contributed by atoms with E-state index < -0.39 is 35.2 Å². The third-order valence-corrected chi connectivity index (χ3v) is 6.01. The van der Waals surface area contributed by atoms with Crippen molar-refractivity contribution in [2.45, 2.75) is 12.6 Å². The predicted molar refractivity (Wildman–Crippen MR) is 119 cm³/mol. The number of carbonyl (C=O) groups excluding carboxylic acids is 1. The number of amides is 1. The molecule has 0 bridgehead atoms. The fourth-order valence-corrected chi connectivity index (χ4v) is 4.32. The highest BCUT2D eigenvalue weighted by Gasteiger charge is 2.33. The number of H-pyrrole nitrogens is 1. The van der Waals surface area contributed by atoms with Crippen LogP contribution in [0.4, 0.5) is 17.6 Å². The third kappa shape index (κ3) is 3.96. The van der Waals surface area contributed by atoms with Crippen LogP contribution in [0.25, 0.3) is 21.7 Å². The third-order valence-electron chi connectivity index (χ3n) is 6.01. The molecule has 0 saturated carbocycles. The van der Waals surface area contributed by atoms with Crippen LogP contribution >= 0.6 is 0 Å². The van der Waals surface area contributed by atoms with Crippen molar-refractivity contribution in [3.05, 3.63) is 70.6 Å². The van der Waals surface area contributed by atoms with Crippen LogP contribution < -0.4 is 10.5 Å². The van der Waals surface area contributed by atoms with Gasteiger partial charge >= 0.3 is 0 Å². The number of halogens is 4. The van der Waals surface area contributed by atoms with Crippen molar-refractivity contribution >= 4 is 27.6 Å². The Morgan fingerprint density at radius 3 is 2.54 bits per heavy atom. The van der Waals surface area contributed by atoms with Crippen LogP contribution in [-0.2, 0) is 11.3 Å². The monoisotopic (exact) mass is 488 g/mol. The van der Waals surface area contributed by atoms with E-state index in [-0.39, 0.29) is 48.8 Å². The van der Waals surface area contributed by atoms with E-state index in [1.54, 1.807) is 0 Å². The second-order valence-electron chi connectivity index (χ2n) is 8.21. The molecular weight excluding hydrogens is 468 g/mol. The van der Waals surface area contributed by atoms with E-state index in [1.807, 2.05) is 0 Å². The maximum atomic E-state index is 14.3. The highest BCUT2D eigenvalue weighted by molar-refractivity contribution is 5.99. The topological polar surface area (TPSA) is 93.5 Å². The molecular formula is C24H20F4N4O3. The summed E-state index contributed by atoms with van der Waals surface area (Å²) in [5.74, 6) is -4.61. The number of likely N-dealkylation sites (N-methyl/N-ethyl adjacent to an activating group) is 1. The summed E-state index contributed by atoms with van der Waals surface area (Å²) in [5.41, 5.74) is 6.76. The number of aromatic amines is 1. The lowest BCUT2D eigenvalue weighted by molar-refractivity contribution is 0.0331. The number of benzene rings is 2. The van der Waals surface area contributed by atoms with Gasteiger partial charge in [0.25, 0.3) is 5.91 Å². The van der Waals surface area contributed by atoms with Gasteiger partial charge in [-0.15, -0.1) is 0 Å². The lowest BCUT2D eigenvalue weighted by Gasteiger charge is -2.33. The molecule has 1 unspecified atom stereocenters. The van der Waals surface area contributed by atoms with E-state index in [0.29, 0.717) is 22.0 Å². The SMILES string of the molecule is CN(C(=O)c1cc2cc(F)c(F)cc2[nH]1)C1COCc2nc(OCCN)c3cc(F)c(F)cc3c21. The normalized spacial score (nSPS) is 15.4. The molecule has 1 amide bonds. The molecule has 4 aromatic rings. The van der Waals surface area contributed by atoms with Crippen LogP contribution in [0.1, 0.15) is 27.8 Å². The quantitative estimate of drug-likeness (QED) is 0.415. The predicted octanol–water partition coefficient (Wildman–Crippen LogP) is 3.95. The average molecular weight is 488 g/mol. The summed E-state index contributed by atoms with van der Waals surface area (Å²) in [5, 5.41) is 0.891. The second-order valence-corrected chi connectivity index (χ2v) is 8.21. The Kier molecular flexibility index (Phi) is 5.81. The number of hydrogen-bond donors (Lipinski definition) is 2. The second kappa shape index (κ2) is 8.82. The molecule has 0 fully saturated rings. The lowest BCUT2D eigenvalue weighted by Crippen LogP contribution is -2.37. The van der Waals surface area contributed by atoms with Gasteiger partial charge in [0.1, 0.15) is 12.3 Å². The molecule has 3 heterocycles. The summed E-state index contributed by atoms with van der Waals surface area (Å²) in [4.78, 5) is 21.9. The fourth-order valence-electron chi connectivity index (χ4n) is 4.32. The summed E-state index contributed by atoms with van der Waals surface area (Å²) in [7, 11) is 1.52. The number of nitrogens with one attached hydrogen (secondary N) is 1. The summed E-state index contributed by atoms with van der Waals surface area (Å²) in [6, 6.07) is 4.71. The number of carbonyl (C=O) groups is 1. The van der Waals surface area contributed by atoms with Gasteiger partial charge in [0, 0.05) is 41.5 Å². The molecule has 0 radical (unpaired) electrons. The molecule has 35 heavy (non-hydrogen) atoms. The maximum absolute atomic E-state index is 14.3. The molecule has 5 rings (SSSR count). The standard InChI is InChI=1S/C24H20F4N4O3/c1-32(24(33)19-5-11-4-14(25)17(28)8-18(11)30-19)21-10-34-9-20-22(21)12-6-15(26)16(27)7-13(12)23(31-20)35-3-2-29/h4-8,21,30H,2-3,9-10,29H2,1H3. The van der Waals surface area contributed by atoms with E-state index in [2.05, 4.69) is 9.97 Å². The first kappa shape index (κ1) is 23.1. The zero-order chi connectivity index (χ0) is 24.9. The maximum Gasteiger partial charge on any atom is 0.270 e. The minimum absolute atomic E-state index is 0.0670. The highest BCUT2D eigenvalue weighted by atomic mass is 19.2. The first-order valence-corrected chi connectivity index (χ1v) is 10.8. The van der Waals surface area contributed by atoms with E-state index in [0.717, 1.165) is 24.3 Å². The van der Waals surface area contributed by atoms with Crippen LogP contribution in [0.15, 0.2) is 30.3 Å². The van der Waals surface area contributed by atoms with Crippen LogP contribution in [0.2, 0.25) is 0 Å². The molecule has 182 valence electrons. The number of rotatable bonds is 5. The van der Waals surface area contributed by atoms with E-state index in [4.69, 9.17) is 15.2 Å². The van der Waals surface area contributed by atoms with Crippen molar-refractivity contribution in [2.24, 2.45) is 5.73 Å². The molecule has 2 aromatic carbocycles. The van der Waals surface area contributed by atoms with E-state index >= 15 is 0 Å². The number of nitrogens with zero attached hydrogens (tertiary/aromatic N) is 2. The van der Waals surface area contributed by atoms with Crippen molar-refractivity contribution in [1.29, 1.82) is 0 Å². The van der Waals surface area contributed by atoms with Gasteiger partial charge < -0.3 is 25.1 Å². The number of aromatic nitrogens is 2. The molecule has 1 atom stereocenters. The van der Waals surface area contributed by atoms with Crippen LogP contribution in [-0.4, -0.2) is 47.6 Å². The molecule has 0 aliphatic carbocycles. The molecule has 1 aliphatic heterocycles. The summed E-state index contributed by atoms with van der Waals surface area (Å²) < 4.78 is 66.9. The average Bonchev–Trinajstić information content (AvgIpc) is 3.25. The van der Waals surface area contributed by atoms with E-state index in [1.165, 1.54) is 18.0 Å². The molecule has 0 spiro atoms. The summed E-state index contributed by atoms with van der Waals surface area (Å²) in [6.07, 6.45) is 0. The van der Waals surface area contributed by atoms with Gasteiger partial charge in [-0.25, -0.2) is 22.5 Å². The van der Waals surface area contributed by atoms with Crippen molar-refractivity contribution in [2.75, 3.05) is 26.8 Å². The van der Waals surface area contributed by atoms with Gasteiger partial charge in [0.2, 0.25) is 5.88 Å². The zero-order valence-corrected chi connectivity index (χ0v) is 18.5. The number of hydrogen-bond acceptors (Lipinski definition) is 5. The lowest BCUT2D eigenvalue weighted by atomic mass is 9.95. The minimum atomic E-state index is -1.07. The summed E-state index contributed by atoms with van der Waals surface area (Å²) in [6.45, 7) is 0.451. The van der Waals surface area contributed by atoms with Crippen molar-refractivity contribution in [3.63, 3.8) is 0 Å². The Labute approximate surface area is 196 Å². The first-order valence-electron chi connectivity index (χ1n) is 10.8. The van der Waals surface area contributed by atoms with Crippen LogP contribution in [0, 0.1) is 23.3 Å². The largest absolute Gasteiger partial charge is 0.476 e. The van der Waals surface area contributed by atoms with Gasteiger partial charge in [-0.2, -0.15) is 0 Å². The van der Waals surface area contributed by atoms with Gasteiger partial charge in [-0.05, 0) is 29.7 Å². The van der Waals surface area contributed by atoms with Gasteiger partial charge in [-0.3, -0.25) is 4.79 Å².